The molecule has 0 bridgehead atoms. The van der Waals surface area contributed by atoms with E-state index in [9.17, 15) is 0 Å². The standard InChI is InChI=1S/C16H28N3.CH3.W/c17-16(14-2-1-3-14)15-6-10-19(11-7-15)12-13-4-8-18-9-5-13;;/h13,15,17-18H,1-12H2;1H3;/q2*-1;+2. The van der Waals surface area contributed by atoms with Crippen molar-refractivity contribution in [1.82, 2.24) is 10.2 Å². The van der Waals surface area contributed by atoms with E-state index in [-0.39, 0.29) is 28.5 Å². The van der Waals surface area contributed by atoms with E-state index in [1.165, 1.54) is 83.2 Å². The normalized spacial score (nSPS) is 24.7. The third-order valence-corrected chi connectivity index (χ3v) is 5.31. The topological polar surface area (TPSA) is 39.1 Å². The van der Waals surface area contributed by atoms with Gasteiger partial charge in [0.25, 0.3) is 0 Å². The molecule has 2 aliphatic heterocycles. The van der Waals surface area contributed by atoms with Gasteiger partial charge in [-0.1, -0.05) is 5.57 Å². The molecule has 1 aliphatic carbocycles. The van der Waals surface area contributed by atoms with Gasteiger partial charge in [0, 0.05) is 6.54 Å². The van der Waals surface area contributed by atoms with Crippen LogP contribution in [0.3, 0.4) is 0 Å². The van der Waals surface area contributed by atoms with Crippen molar-refractivity contribution < 1.29 is 21.1 Å². The van der Waals surface area contributed by atoms with Crippen LogP contribution in [0.1, 0.15) is 44.9 Å². The zero-order valence-electron chi connectivity index (χ0n) is 13.5. The number of nitrogens with one attached hydrogen (secondary N) is 2. The molecule has 0 atom stereocenters. The molecule has 4 heteroatoms. The van der Waals surface area contributed by atoms with Gasteiger partial charge in [-0.15, -0.1) is 0 Å². The van der Waals surface area contributed by atoms with Crippen LogP contribution in [0, 0.1) is 19.3 Å². The first-order valence-electron chi connectivity index (χ1n) is 8.19. The zero-order valence-corrected chi connectivity index (χ0v) is 16.4. The van der Waals surface area contributed by atoms with Crippen LogP contribution in [-0.4, -0.2) is 37.6 Å². The smallest absolute Gasteiger partial charge is 0.702 e. The van der Waals surface area contributed by atoms with Gasteiger partial charge in [-0.3, -0.25) is 0 Å². The molecule has 3 rings (SSSR count). The van der Waals surface area contributed by atoms with E-state index < -0.39 is 0 Å². The third-order valence-electron chi connectivity index (χ3n) is 5.31. The minimum absolute atomic E-state index is 0. The summed E-state index contributed by atoms with van der Waals surface area (Å²) in [5.41, 5.74) is 10.8. The second kappa shape index (κ2) is 9.32. The number of piperidine rings is 2. The fraction of sp³-hybridized carbons (Fsp3) is 0.824. The molecule has 2 heterocycles. The summed E-state index contributed by atoms with van der Waals surface area (Å²) in [6.07, 6.45) is 8.93. The van der Waals surface area contributed by atoms with Gasteiger partial charge in [0.05, 0.1) is 0 Å². The van der Waals surface area contributed by atoms with Crippen LogP contribution >= 0.6 is 0 Å². The Labute approximate surface area is 145 Å². The van der Waals surface area contributed by atoms with Crippen molar-refractivity contribution >= 4 is 0 Å². The van der Waals surface area contributed by atoms with Crippen LogP contribution in [0.15, 0.2) is 11.3 Å². The molecule has 0 spiro atoms. The first kappa shape index (κ1) is 19.2. The Balaban J connectivity index is 0.00000110. The summed E-state index contributed by atoms with van der Waals surface area (Å²) in [6.45, 7) is 6.18. The monoisotopic (exact) mass is 461 g/mol. The van der Waals surface area contributed by atoms with Crippen LogP contribution in [0.4, 0.5) is 0 Å². The van der Waals surface area contributed by atoms with Crippen molar-refractivity contribution in [3.8, 4) is 0 Å². The van der Waals surface area contributed by atoms with E-state index in [1.54, 1.807) is 0 Å². The average molecular weight is 461 g/mol. The predicted octanol–water partition coefficient (Wildman–Crippen LogP) is 3.64. The van der Waals surface area contributed by atoms with E-state index in [0.717, 1.165) is 11.6 Å². The fourth-order valence-corrected chi connectivity index (χ4v) is 3.75. The molecule has 21 heavy (non-hydrogen) atoms. The van der Waals surface area contributed by atoms with Crippen molar-refractivity contribution in [3.05, 3.63) is 24.4 Å². The minimum atomic E-state index is 0. The number of nitrogens with zero attached hydrogens (tertiary/aromatic N) is 1. The minimum Gasteiger partial charge on any atom is -0.702 e. The Hall–Kier alpha value is 0.148. The van der Waals surface area contributed by atoms with E-state index in [0.29, 0.717) is 5.92 Å². The van der Waals surface area contributed by atoms with Crippen LogP contribution in [0.2, 0.25) is 0 Å². The van der Waals surface area contributed by atoms with Crippen molar-refractivity contribution in [2.75, 3.05) is 32.7 Å². The summed E-state index contributed by atoms with van der Waals surface area (Å²) in [7, 11) is 0. The Kier molecular flexibility index (Phi) is 8.52. The van der Waals surface area contributed by atoms with E-state index >= 15 is 0 Å². The van der Waals surface area contributed by atoms with Gasteiger partial charge in [-0.25, -0.2) is 0 Å². The molecular weight excluding hydrogens is 430 g/mol. The summed E-state index contributed by atoms with van der Waals surface area (Å²) in [5.74, 6) is 1.50. The van der Waals surface area contributed by atoms with E-state index in [2.05, 4.69) is 10.2 Å². The van der Waals surface area contributed by atoms with Crippen LogP contribution in [0.25, 0.3) is 5.73 Å². The van der Waals surface area contributed by atoms with Gasteiger partial charge in [-0.2, -0.15) is 5.70 Å². The number of hydrogen-bond acceptors (Lipinski definition) is 2. The third kappa shape index (κ3) is 5.08. The first-order valence-corrected chi connectivity index (χ1v) is 8.19. The van der Waals surface area contributed by atoms with Crippen molar-refractivity contribution in [1.29, 1.82) is 0 Å². The molecule has 0 amide bonds. The van der Waals surface area contributed by atoms with Gasteiger partial charge in [0.1, 0.15) is 0 Å². The zero-order chi connectivity index (χ0) is 13.1. The second-order valence-electron chi connectivity index (χ2n) is 6.64. The van der Waals surface area contributed by atoms with Crippen molar-refractivity contribution in [2.45, 2.75) is 44.9 Å². The average Bonchev–Trinajstić information content (AvgIpc) is 2.39. The SMILES string of the molecule is [CH3-].[NH-]C(=C1CCC1)C1CCN(CC2CCNCC2)CC1.[W+2]. The largest absolute Gasteiger partial charge is 2.00 e. The Bertz CT molecular complexity index is 323. The molecule has 3 fully saturated rings. The summed E-state index contributed by atoms with van der Waals surface area (Å²) in [4.78, 5) is 2.66. The molecule has 0 radical (unpaired) electrons. The maximum Gasteiger partial charge on any atom is 2.00 e. The molecule has 2 saturated heterocycles. The van der Waals surface area contributed by atoms with E-state index in [4.69, 9.17) is 5.73 Å². The molecule has 1 saturated carbocycles. The van der Waals surface area contributed by atoms with Gasteiger partial charge < -0.3 is 23.4 Å². The number of hydrogen-bond donors (Lipinski definition) is 1. The molecule has 3 nitrogen and oxygen atoms in total. The second-order valence-corrected chi connectivity index (χ2v) is 6.64. The summed E-state index contributed by atoms with van der Waals surface area (Å²) in [5, 5.41) is 3.45. The number of likely N-dealkylation sites (tertiary alicyclic amines) is 1. The van der Waals surface area contributed by atoms with E-state index in [1.807, 2.05) is 0 Å². The Morgan fingerprint density at radius 1 is 1.10 bits per heavy atom. The number of rotatable bonds is 3. The molecule has 0 aromatic carbocycles. The molecule has 0 aromatic heterocycles. The maximum absolute atomic E-state index is 8.30. The van der Waals surface area contributed by atoms with Gasteiger partial charge in [0.15, 0.2) is 0 Å². The molecular formula is C17H31N3W. The van der Waals surface area contributed by atoms with Gasteiger partial charge in [-0.05, 0) is 83.0 Å². The van der Waals surface area contributed by atoms with Crippen LogP contribution in [-0.2, 0) is 21.1 Å². The fourth-order valence-electron chi connectivity index (χ4n) is 3.75. The molecule has 3 aliphatic rings. The Morgan fingerprint density at radius 2 is 1.71 bits per heavy atom. The van der Waals surface area contributed by atoms with Crippen molar-refractivity contribution in [3.63, 3.8) is 0 Å². The molecule has 0 aromatic rings. The molecule has 2 N–H and O–H groups in total. The number of allylic oxidation sites excluding steroid dienone is 2. The maximum atomic E-state index is 8.30. The quantitative estimate of drug-likeness (QED) is 0.653. The summed E-state index contributed by atoms with van der Waals surface area (Å²) < 4.78 is 0. The molecule has 120 valence electrons. The van der Waals surface area contributed by atoms with Gasteiger partial charge in [0.2, 0.25) is 0 Å². The first-order chi connectivity index (χ1) is 9.33. The van der Waals surface area contributed by atoms with Gasteiger partial charge >= 0.3 is 21.1 Å². The van der Waals surface area contributed by atoms with Crippen LogP contribution in [0.5, 0.6) is 0 Å². The Morgan fingerprint density at radius 3 is 2.24 bits per heavy atom. The summed E-state index contributed by atoms with van der Waals surface area (Å²) in [6, 6.07) is 0. The predicted molar refractivity (Wildman–Crippen MR) is 86.4 cm³/mol. The summed E-state index contributed by atoms with van der Waals surface area (Å²) >= 11 is 0. The van der Waals surface area contributed by atoms with Crippen LogP contribution < -0.4 is 5.32 Å². The van der Waals surface area contributed by atoms with Crippen molar-refractivity contribution in [2.24, 2.45) is 11.8 Å². The molecule has 0 unspecified atom stereocenters.